The Bertz CT molecular complexity index is 464. The number of hydrogen-bond acceptors (Lipinski definition) is 5. The Morgan fingerprint density at radius 1 is 1.43 bits per heavy atom. The van der Waals surface area contributed by atoms with Crippen molar-refractivity contribution in [2.45, 2.75) is 31.4 Å². The lowest BCUT2D eigenvalue weighted by Gasteiger charge is -2.38. The van der Waals surface area contributed by atoms with E-state index in [9.17, 15) is 10.1 Å². The molecule has 0 saturated carbocycles. The predicted molar refractivity (Wildman–Crippen MR) is 81.2 cm³/mol. The summed E-state index contributed by atoms with van der Waals surface area (Å²) in [5.74, 6) is 0. The standard InChI is InChI=1S/C15H23N3O3/c1-21-15-7-9-17(14(10-15)11-16)8-6-12-2-4-13(5-3-12)18(19)20/h2-5,14-15H,6-11,16H2,1H3. The van der Waals surface area contributed by atoms with Crippen molar-refractivity contribution >= 4 is 5.69 Å². The molecular weight excluding hydrogens is 270 g/mol. The van der Waals surface area contributed by atoms with Crippen molar-refractivity contribution in [3.63, 3.8) is 0 Å². The van der Waals surface area contributed by atoms with Gasteiger partial charge in [0, 0.05) is 44.9 Å². The molecule has 0 aromatic heterocycles. The smallest absolute Gasteiger partial charge is 0.269 e. The fourth-order valence-corrected chi connectivity index (χ4v) is 2.87. The highest BCUT2D eigenvalue weighted by molar-refractivity contribution is 5.32. The largest absolute Gasteiger partial charge is 0.381 e. The maximum Gasteiger partial charge on any atom is 0.269 e. The predicted octanol–water partition coefficient (Wildman–Crippen LogP) is 1.58. The topological polar surface area (TPSA) is 81.6 Å². The van der Waals surface area contributed by atoms with Gasteiger partial charge in [-0.25, -0.2) is 0 Å². The summed E-state index contributed by atoms with van der Waals surface area (Å²) in [7, 11) is 1.75. The highest BCUT2D eigenvalue weighted by Crippen LogP contribution is 2.20. The first-order valence-electron chi connectivity index (χ1n) is 7.34. The Kier molecular flexibility index (Phi) is 5.67. The number of nitrogens with two attached hydrogens (primary N) is 1. The quantitative estimate of drug-likeness (QED) is 0.636. The zero-order valence-corrected chi connectivity index (χ0v) is 12.4. The van der Waals surface area contributed by atoms with Crippen molar-refractivity contribution < 1.29 is 9.66 Å². The third kappa shape index (κ3) is 4.23. The molecule has 0 spiro atoms. The van der Waals surface area contributed by atoms with E-state index >= 15 is 0 Å². The lowest BCUT2D eigenvalue weighted by molar-refractivity contribution is -0.384. The summed E-state index contributed by atoms with van der Waals surface area (Å²) >= 11 is 0. The van der Waals surface area contributed by atoms with Crippen molar-refractivity contribution in [2.75, 3.05) is 26.7 Å². The molecule has 116 valence electrons. The van der Waals surface area contributed by atoms with E-state index in [0.29, 0.717) is 18.7 Å². The molecular formula is C15H23N3O3. The molecule has 6 nitrogen and oxygen atoms in total. The van der Waals surface area contributed by atoms with Crippen LogP contribution in [0, 0.1) is 10.1 Å². The normalized spacial score (nSPS) is 23.1. The molecule has 1 aromatic rings. The Hall–Kier alpha value is -1.50. The molecule has 6 heteroatoms. The van der Waals surface area contributed by atoms with Crippen LogP contribution in [-0.4, -0.2) is 48.7 Å². The molecule has 2 rings (SSSR count). The molecule has 1 aliphatic heterocycles. The molecule has 0 amide bonds. The Morgan fingerprint density at radius 2 is 2.14 bits per heavy atom. The fourth-order valence-electron chi connectivity index (χ4n) is 2.87. The molecule has 1 saturated heterocycles. The first-order chi connectivity index (χ1) is 10.1. The van der Waals surface area contributed by atoms with E-state index < -0.39 is 0 Å². The van der Waals surface area contributed by atoms with E-state index in [1.54, 1.807) is 19.2 Å². The second-order valence-corrected chi connectivity index (χ2v) is 5.48. The number of piperidine rings is 1. The number of hydrogen-bond donors (Lipinski definition) is 1. The zero-order chi connectivity index (χ0) is 15.2. The van der Waals surface area contributed by atoms with Crippen molar-refractivity contribution in [1.82, 2.24) is 4.90 Å². The number of rotatable bonds is 6. The summed E-state index contributed by atoms with van der Waals surface area (Å²) in [4.78, 5) is 12.7. The van der Waals surface area contributed by atoms with E-state index in [2.05, 4.69) is 4.90 Å². The summed E-state index contributed by atoms with van der Waals surface area (Å²) in [6, 6.07) is 7.15. The second kappa shape index (κ2) is 7.49. The number of nitro groups is 1. The number of likely N-dealkylation sites (tertiary alicyclic amines) is 1. The van der Waals surface area contributed by atoms with Crippen molar-refractivity contribution in [3.8, 4) is 0 Å². The van der Waals surface area contributed by atoms with E-state index in [4.69, 9.17) is 10.5 Å². The Morgan fingerprint density at radius 3 is 2.71 bits per heavy atom. The minimum absolute atomic E-state index is 0.138. The highest BCUT2D eigenvalue weighted by Gasteiger charge is 2.26. The number of methoxy groups -OCH3 is 1. The molecule has 2 N–H and O–H groups in total. The molecule has 0 radical (unpaired) electrons. The molecule has 2 atom stereocenters. The van der Waals surface area contributed by atoms with E-state index in [1.807, 2.05) is 12.1 Å². The fraction of sp³-hybridized carbons (Fsp3) is 0.600. The maximum absolute atomic E-state index is 10.6. The van der Waals surface area contributed by atoms with Gasteiger partial charge in [-0.3, -0.25) is 15.0 Å². The van der Waals surface area contributed by atoms with Crippen molar-refractivity contribution in [1.29, 1.82) is 0 Å². The maximum atomic E-state index is 10.6. The van der Waals surface area contributed by atoms with Crippen LogP contribution in [0.3, 0.4) is 0 Å². The van der Waals surface area contributed by atoms with Crippen LogP contribution in [0.4, 0.5) is 5.69 Å². The van der Waals surface area contributed by atoms with E-state index in [-0.39, 0.29) is 10.6 Å². The van der Waals surface area contributed by atoms with Gasteiger partial charge in [-0.05, 0) is 24.8 Å². The molecule has 1 aliphatic rings. The number of ether oxygens (including phenoxy) is 1. The molecule has 1 fully saturated rings. The Balaban J connectivity index is 1.88. The summed E-state index contributed by atoms with van der Waals surface area (Å²) in [6.45, 7) is 2.56. The first kappa shape index (κ1) is 15.9. The minimum atomic E-state index is -0.371. The van der Waals surface area contributed by atoms with Gasteiger partial charge in [0.15, 0.2) is 0 Å². The molecule has 0 aliphatic carbocycles. The summed E-state index contributed by atoms with van der Waals surface area (Å²) < 4.78 is 5.42. The highest BCUT2D eigenvalue weighted by atomic mass is 16.6. The summed E-state index contributed by atoms with van der Waals surface area (Å²) in [6.07, 6.45) is 3.21. The van der Waals surface area contributed by atoms with E-state index in [1.165, 1.54) is 0 Å². The number of benzene rings is 1. The van der Waals surface area contributed by atoms with Crippen LogP contribution >= 0.6 is 0 Å². The van der Waals surface area contributed by atoms with Gasteiger partial charge in [0.25, 0.3) is 5.69 Å². The van der Waals surface area contributed by atoms with Crippen LogP contribution in [0.15, 0.2) is 24.3 Å². The number of nitrogens with zero attached hydrogens (tertiary/aromatic N) is 2. The third-order valence-electron chi connectivity index (χ3n) is 4.23. The molecule has 21 heavy (non-hydrogen) atoms. The SMILES string of the molecule is COC1CCN(CCc2ccc([N+](=O)[O-])cc2)C(CN)C1. The van der Waals surface area contributed by atoms with Gasteiger partial charge < -0.3 is 10.5 Å². The first-order valence-corrected chi connectivity index (χ1v) is 7.34. The molecule has 0 bridgehead atoms. The lowest BCUT2D eigenvalue weighted by atomic mass is 9.98. The summed E-state index contributed by atoms with van der Waals surface area (Å²) in [5.41, 5.74) is 7.11. The van der Waals surface area contributed by atoms with Gasteiger partial charge in [0.05, 0.1) is 11.0 Å². The van der Waals surface area contributed by atoms with Crippen LogP contribution in [-0.2, 0) is 11.2 Å². The Labute approximate surface area is 125 Å². The average molecular weight is 293 g/mol. The summed E-state index contributed by atoms with van der Waals surface area (Å²) in [5, 5.41) is 10.6. The van der Waals surface area contributed by atoms with Crippen LogP contribution in [0.2, 0.25) is 0 Å². The van der Waals surface area contributed by atoms with Gasteiger partial charge in [-0.15, -0.1) is 0 Å². The third-order valence-corrected chi connectivity index (χ3v) is 4.23. The van der Waals surface area contributed by atoms with Gasteiger partial charge in [-0.2, -0.15) is 0 Å². The molecule has 1 heterocycles. The van der Waals surface area contributed by atoms with Gasteiger partial charge in [-0.1, -0.05) is 12.1 Å². The van der Waals surface area contributed by atoms with Gasteiger partial charge in [0.1, 0.15) is 0 Å². The van der Waals surface area contributed by atoms with Gasteiger partial charge in [0.2, 0.25) is 0 Å². The lowest BCUT2D eigenvalue weighted by Crippen LogP contribution is -2.49. The molecule has 2 unspecified atom stereocenters. The monoisotopic (exact) mass is 293 g/mol. The van der Waals surface area contributed by atoms with E-state index in [0.717, 1.165) is 37.9 Å². The minimum Gasteiger partial charge on any atom is -0.381 e. The van der Waals surface area contributed by atoms with Crippen molar-refractivity contribution in [3.05, 3.63) is 39.9 Å². The number of non-ortho nitro benzene ring substituents is 1. The second-order valence-electron chi connectivity index (χ2n) is 5.48. The van der Waals surface area contributed by atoms with Crippen LogP contribution < -0.4 is 5.73 Å². The van der Waals surface area contributed by atoms with Crippen LogP contribution in [0.5, 0.6) is 0 Å². The molecule has 1 aromatic carbocycles. The van der Waals surface area contributed by atoms with Crippen LogP contribution in [0.1, 0.15) is 18.4 Å². The van der Waals surface area contributed by atoms with Gasteiger partial charge >= 0.3 is 0 Å². The zero-order valence-electron chi connectivity index (χ0n) is 12.4. The van der Waals surface area contributed by atoms with Crippen LogP contribution in [0.25, 0.3) is 0 Å². The van der Waals surface area contributed by atoms with Crippen molar-refractivity contribution in [2.24, 2.45) is 5.73 Å². The average Bonchev–Trinajstić information content (AvgIpc) is 2.53. The number of nitro benzene ring substituents is 1.